The van der Waals surface area contributed by atoms with E-state index in [0.717, 1.165) is 42.7 Å². The lowest BCUT2D eigenvalue weighted by atomic mass is 10.1. The number of piperidine rings is 1. The van der Waals surface area contributed by atoms with Crippen LogP contribution in [0.3, 0.4) is 0 Å². The molecule has 1 heterocycles. The molecule has 0 radical (unpaired) electrons. The predicted molar refractivity (Wildman–Crippen MR) is 108 cm³/mol. The Morgan fingerprint density at radius 3 is 2.58 bits per heavy atom. The number of alkyl carbamates (subject to hydrolysis) is 1. The summed E-state index contributed by atoms with van der Waals surface area (Å²) in [6, 6.07) is 4.25. The summed E-state index contributed by atoms with van der Waals surface area (Å²) in [6.45, 7) is 13.1. The van der Waals surface area contributed by atoms with Gasteiger partial charge in [-0.2, -0.15) is 0 Å². The van der Waals surface area contributed by atoms with Crippen molar-refractivity contribution in [2.24, 2.45) is 0 Å². The number of nitrogens with one attached hydrogen (secondary N) is 1. The maximum atomic E-state index is 11.9. The Morgan fingerprint density at radius 2 is 1.96 bits per heavy atom. The van der Waals surface area contributed by atoms with E-state index in [4.69, 9.17) is 9.47 Å². The highest BCUT2D eigenvalue weighted by molar-refractivity contribution is 9.10. The molecule has 0 spiro atoms. The van der Waals surface area contributed by atoms with Crippen LogP contribution in [0.2, 0.25) is 0 Å². The Kier molecular flexibility index (Phi) is 7.35. The molecule has 1 atom stereocenters. The minimum absolute atomic E-state index is 0.135. The van der Waals surface area contributed by atoms with Crippen LogP contribution in [0.25, 0.3) is 0 Å². The summed E-state index contributed by atoms with van der Waals surface area (Å²) >= 11 is 3.58. The molecule has 5 nitrogen and oxygen atoms in total. The number of ether oxygens (including phenoxy) is 2. The Morgan fingerprint density at radius 1 is 1.31 bits per heavy atom. The summed E-state index contributed by atoms with van der Waals surface area (Å²) in [7, 11) is 0. The second-order valence-electron chi connectivity index (χ2n) is 8.01. The van der Waals surface area contributed by atoms with Gasteiger partial charge in [0.2, 0.25) is 0 Å². The molecule has 1 aliphatic rings. The lowest BCUT2D eigenvalue weighted by Gasteiger charge is -2.33. The van der Waals surface area contributed by atoms with Crippen molar-refractivity contribution in [1.82, 2.24) is 10.2 Å². The number of carbonyl (C=O) groups is 1. The summed E-state index contributed by atoms with van der Waals surface area (Å²) < 4.78 is 12.4. The first-order chi connectivity index (χ1) is 12.1. The molecule has 1 fully saturated rings. The van der Waals surface area contributed by atoms with Gasteiger partial charge in [0.15, 0.2) is 0 Å². The van der Waals surface area contributed by atoms with E-state index in [-0.39, 0.29) is 12.1 Å². The van der Waals surface area contributed by atoms with Crippen LogP contribution in [-0.4, -0.2) is 48.9 Å². The molecule has 1 N–H and O–H groups in total. The third-order valence-corrected chi connectivity index (χ3v) is 5.56. The SMILES string of the molecule is Cc1cc(OCCN2CCC[C@@H](NC(=O)OC(C)(C)C)C2)cc(C)c1Br. The second kappa shape index (κ2) is 9.09. The number of carbonyl (C=O) groups excluding carboxylic acids is 1. The summed E-state index contributed by atoms with van der Waals surface area (Å²) in [5.74, 6) is 0.906. The zero-order chi connectivity index (χ0) is 19.3. The highest BCUT2D eigenvalue weighted by Crippen LogP contribution is 2.26. The highest BCUT2D eigenvalue weighted by Gasteiger charge is 2.24. The quantitative estimate of drug-likeness (QED) is 0.755. The molecular formula is C20H31BrN2O3. The predicted octanol–water partition coefficient (Wildman–Crippen LogP) is 4.43. The number of rotatable bonds is 5. The molecule has 0 unspecified atom stereocenters. The molecule has 1 saturated heterocycles. The first-order valence-corrected chi connectivity index (χ1v) is 10.0. The number of amides is 1. The van der Waals surface area contributed by atoms with E-state index in [1.54, 1.807) is 0 Å². The smallest absolute Gasteiger partial charge is 0.407 e. The number of nitrogens with zero attached hydrogens (tertiary/aromatic N) is 1. The topological polar surface area (TPSA) is 50.8 Å². The van der Waals surface area contributed by atoms with Crippen molar-refractivity contribution < 1.29 is 14.3 Å². The van der Waals surface area contributed by atoms with E-state index < -0.39 is 5.60 Å². The third-order valence-electron chi connectivity index (χ3n) is 4.31. The van der Waals surface area contributed by atoms with Crippen LogP contribution in [0.15, 0.2) is 16.6 Å². The van der Waals surface area contributed by atoms with Crippen molar-refractivity contribution >= 4 is 22.0 Å². The summed E-state index contributed by atoms with van der Waals surface area (Å²) in [6.07, 6.45) is 1.72. The molecule has 0 aliphatic carbocycles. The van der Waals surface area contributed by atoms with Crippen LogP contribution >= 0.6 is 15.9 Å². The first-order valence-electron chi connectivity index (χ1n) is 9.25. The van der Waals surface area contributed by atoms with Gasteiger partial charge < -0.3 is 14.8 Å². The average Bonchev–Trinajstić information content (AvgIpc) is 2.51. The fourth-order valence-electron chi connectivity index (χ4n) is 3.13. The number of halogens is 1. The minimum Gasteiger partial charge on any atom is -0.492 e. The van der Waals surface area contributed by atoms with Gasteiger partial charge in [-0.25, -0.2) is 4.79 Å². The lowest BCUT2D eigenvalue weighted by molar-refractivity contribution is 0.0469. The van der Waals surface area contributed by atoms with Crippen LogP contribution < -0.4 is 10.1 Å². The first kappa shape index (κ1) is 21.0. The van der Waals surface area contributed by atoms with Gasteiger partial charge in [-0.1, -0.05) is 15.9 Å². The van der Waals surface area contributed by atoms with Crippen molar-refractivity contribution in [2.75, 3.05) is 26.2 Å². The standard InChI is InChI=1S/C20H31BrN2O3/c1-14-11-17(12-15(2)18(14)21)25-10-9-23-8-6-7-16(13-23)22-19(24)26-20(3,4)5/h11-12,16H,6-10,13H2,1-5H3,(H,22,24)/t16-/m1/s1. The molecule has 146 valence electrons. The highest BCUT2D eigenvalue weighted by atomic mass is 79.9. The molecule has 1 aromatic carbocycles. The summed E-state index contributed by atoms with van der Waals surface area (Å²) in [4.78, 5) is 14.3. The van der Waals surface area contributed by atoms with Gasteiger partial charge in [0.1, 0.15) is 18.0 Å². The Balaban J connectivity index is 1.77. The molecular weight excluding hydrogens is 396 g/mol. The lowest BCUT2D eigenvalue weighted by Crippen LogP contribution is -2.49. The van der Waals surface area contributed by atoms with Gasteiger partial charge in [0, 0.05) is 23.6 Å². The van der Waals surface area contributed by atoms with Crippen LogP contribution in [0, 0.1) is 13.8 Å². The van der Waals surface area contributed by atoms with Crippen LogP contribution in [-0.2, 0) is 4.74 Å². The maximum absolute atomic E-state index is 11.9. The zero-order valence-corrected chi connectivity index (χ0v) is 18.1. The normalized spacial score (nSPS) is 18.5. The van der Waals surface area contributed by atoms with Crippen molar-refractivity contribution in [3.63, 3.8) is 0 Å². The fourth-order valence-corrected chi connectivity index (χ4v) is 3.36. The zero-order valence-electron chi connectivity index (χ0n) is 16.5. The summed E-state index contributed by atoms with van der Waals surface area (Å²) in [5, 5.41) is 2.99. The molecule has 1 amide bonds. The van der Waals surface area contributed by atoms with E-state index in [2.05, 4.69) is 52.1 Å². The van der Waals surface area contributed by atoms with Gasteiger partial charge in [0.25, 0.3) is 0 Å². The molecule has 0 bridgehead atoms. The molecule has 6 heteroatoms. The number of likely N-dealkylation sites (tertiary alicyclic amines) is 1. The number of hydrogen-bond acceptors (Lipinski definition) is 4. The van der Waals surface area contributed by atoms with Crippen LogP contribution in [0.1, 0.15) is 44.7 Å². The Hall–Kier alpha value is -1.27. The van der Waals surface area contributed by atoms with E-state index in [1.165, 1.54) is 11.1 Å². The minimum atomic E-state index is -0.465. The van der Waals surface area contributed by atoms with E-state index >= 15 is 0 Å². The van der Waals surface area contributed by atoms with Gasteiger partial charge in [0.05, 0.1) is 0 Å². The maximum Gasteiger partial charge on any atom is 0.407 e. The van der Waals surface area contributed by atoms with Crippen LogP contribution in [0.4, 0.5) is 4.79 Å². The summed E-state index contributed by atoms with van der Waals surface area (Å²) in [5.41, 5.74) is 1.90. The van der Waals surface area contributed by atoms with E-state index in [0.29, 0.717) is 6.61 Å². The third kappa shape index (κ3) is 6.80. The molecule has 0 aromatic heterocycles. The van der Waals surface area contributed by atoms with Gasteiger partial charge in [-0.15, -0.1) is 0 Å². The number of aryl methyl sites for hydroxylation is 2. The number of hydrogen-bond donors (Lipinski definition) is 1. The number of benzene rings is 1. The molecule has 1 aromatic rings. The fraction of sp³-hybridized carbons (Fsp3) is 0.650. The van der Waals surface area contributed by atoms with Crippen molar-refractivity contribution in [2.45, 2.75) is 59.1 Å². The van der Waals surface area contributed by atoms with E-state index in [9.17, 15) is 4.79 Å². The van der Waals surface area contributed by atoms with Crippen molar-refractivity contribution in [3.8, 4) is 5.75 Å². The van der Waals surface area contributed by atoms with Crippen molar-refractivity contribution in [1.29, 1.82) is 0 Å². The van der Waals surface area contributed by atoms with E-state index in [1.807, 2.05) is 20.8 Å². The second-order valence-corrected chi connectivity index (χ2v) is 8.80. The Bertz CT molecular complexity index is 605. The monoisotopic (exact) mass is 426 g/mol. The molecule has 1 aliphatic heterocycles. The Labute approximate surface area is 165 Å². The van der Waals surface area contributed by atoms with Crippen molar-refractivity contribution in [3.05, 3.63) is 27.7 Å². The molecule has 0 saturated carbocycles. The molecule has 26 heavy (non-hydrogen) atoms. The largest absolute Gasteiger partial charge is 0.492 e. The average molecular weight is 427 g/mol. The van der Waals surface area contributed by atoms with Crippen LogP contribution in [0.5, 0.6) is 5.75 Å². The van der Waals surface area contributed by atoms with Gasteiger partial charge in [-0.3, -0.25) is 4.90 Å². The molecule has 2 rings (SSSR count). The van der Waals surface area contributed by atoms with Gasteiger partial charge in [-0.05, 0) is 77.3 Å². The van der Waals surface area contributed by atoms with Gasteiger partial charge >= 0.3 is 6.09 Å².